The fourth-order valence-electron chi connectivity index (χ4n) is 1.36. The molecule has 0 bridgehead atoms. The molecule has 0 amide bonds. The number of carbonyl (C=O) groups is 1. The molecule has 4 nitrogen and oxygen atoms in total. The van der Waals surface area contributed by atoms with Gasteiger partial charge < -0.3 is 15.6 Å². The van der Waals surface area contributed by atoms with Crippen molar-refractivity contribution in [2.24, 2.45) is 5.73 Å². The lowest BCUT2D eigenvalue weighted by atomic mass is 10.0. The zero-order valence-electron chi connectivity index (χ0n) is 8.94. The molecule has 1 atom stereocenters. The van der Waals surface area contributed by atoms with Gasteiger partial charge in [-0.1, -0.05) is 17.7 Å². The number of benzene rings is 1. The van der Waals surface area contributed by atoms with Crippen LogP contribution in [0.15, 0.2) is 18.2 Å². The normalized spacial score (nSPS) is 12.2. The van der Waals surface area contributed by atoms with Crippen LogP contribution >= 0.6 is 11.6 Å². The number of nitrogens with two attached hydrogens (primary N) is 1. The van der Waals surface area contributed by atoms with E-state index in [1.807, 2.05) is 0 Å². The first-order valence-corrected chi connectivity index (χ1v) is 5.23. The highest BCUT2D eigenvalue weighted by molar-refractivity contribution is 6.30. The number of hydrogen-bond acceptors (Lipinski definition) is 4. The van der Waals surface area contributed by atoms with Crippen LogP contribution in [0.3, 0.4) is 0 Å². The Bertz CT molecular complexity index is 381. The minimum absolute atomic E-state index is 0.0462. The number of hydrogen-bond donors (Lipinski definition) is 2. The van der Waals surface area contributed by atoms with Crippen LogP contribution < -0.4 is 5.73 Å². The number of aromatic hydroxyl groups is 1. The Hall–Kier alpha value is -1.26. The largest absolute Gasteiger partial charge is 0.508 e. The van der Waals surface area contributed by atoms with Crippen molar-refractivity contribution in [2.45, 2.75) is 18.9 Å². The quantitative estimate of drug-likeness (QED) is 0.794. The molecule has 1 aromatic carbocycles. The monoisotopic (exact) mass is 243 g/mol. The Morgan fingerprint density at radius 1 is 1.62 bits per heavy atom. The molecule has 0 saturated carbocycles. The van der Waals surface area contributed by atoms with Crippen molar-refractivity contribution in [1.29, 1.82) is 0 Å². The van der Waals surface area contributed by atoms with Crippen LogP contribution in [0.4, 0.5) is 0 Å². The highest BCUT2D eigenvalue weighted by atomic mass is 35.5. The Kier molecular flexibility index (Phi) is 4.58. The molecular weight excluding hydrogens is 230 g/mol. The van der Waals surface area contributed by atoms with Gasteiger partial charge in [-0.15, -0.1) is 0 Å². The summed E-state index contributed by atoms with van der Waals surface area (Å²) in [7, 11) is 1.33. The van der Waals surface area contributed by atoms with Crippen LogP contribution in [0.1, 0.15) is 24.4 Å². The number of rotatable bonds is 4. The van der Waals surface area contributed by atoms with Gasteiger partial charge in [0.2, 0.25) is 0 Å². The van der Waals surface area contributed by atoms with Crippen LogP contribution in [0.25, 0.3) is 0 Å². The molecule has 1 rings (SSSR count). The number of phenols is 1. The first-order valence-electron chi connectivity index (χ1n) is 4.85. The smallest absolute Gasteiger partial charge is 0.305 e. The summed E-state index contributed by atoms with van der Waals surface area (Å²) in [4.78, 5) is 10.9. The summed E-state index contributed by atoms with van der Waals surface area (Å²) in [5.74, 6) is -0.270. The lowest BCUT2D eigenvalue weighted by molar-refractivity contribution is -0.140. The van der Waals surface area contributed by atoms with Crippen LogP contribution in [0.2, 0.25) is 5.02 Å². The lowest BCUT2D eigenvalue weighted by Crippen LogP contribution is -2.13. The first-order chi connectivity index (χ1) is 7.54. The summed E-state index contributed by atoms with van der Waals surface area (Å²) < 4.78 is 4.51. The molecule has 0 radical (unpaired) electrons. The first kappa shape index (κ1) is 12.8. The third kappa shape index (κ3) is 3.40. The number of ether oxygens (including phenoxy) is 1. The second-order valence-corrected chi connectivity index (χ2v) is 3.86. The fraction of sp³-hybridized carbons (Fsp3) is 0.364. The van der Waals surface area contributed by atoms with Gasteiger partial charge in [0.15, 0.2) is 0 Å². The zero-order valence-corrected chi connectivity index (χ0v) is 9.70. The number of halogens is 1. The van der Waals surface area contributed by atoms with E-state index in [0.29, 0.717) is 17.0 Å². The van der Waals surface area contributed by atoms with E-state index in [0.717, 1.165) is 0 Å². The molecule has 16 heavy (non-hydrogen) atoms. The molecule has 0 heterocycles. The van der Waals surface area contributed by atoms with Gasteiger partial charge in [0.1, 0.15) is 5.75 Å². The molecule has 3 N–H and O–H groups in total. The maximum absolute atomic E-state index is 10.9. The minimum Gasteiger partial charge on any atom is -0.508 e. The molecule has 0 spiro atoms. The van der Waals surface area contributed by atoms with E-state index in [2.05, 4.69) is 4.74 Å². The molecule has 0 aliphatic carbocycles. The van der Waals surface area contributed by atoms with Gasteiger partial charge in [0.05, 0.1) is 7.11 Å². The Morgan fingerprint density at radius 2 is 2.31 bits per heavy atom. The topological polar surface area (TPSA) is 72.5 Å². The van der Waals surface area contributed by atoms with Crippen LogP contribution in [0.5, 0.6) is 5.75 Å². The maximum Gasteiger partial charge on any atom is 0.305 e. The third-order valence-corrected chi connectivity index (χ3v) is 2.51. The minimum atomic E-state index is -0.406. The summed E-state index contributed by atoms with van der Waals surface area (Å²) in [5, 5.41) is 10.0. The van der Waals surface area contributed by atoms with E-state index < -0.39 is 6.04 Å². The van der Waals surface area contributed by atoms with Gasteiger partial charge in [0.25, 0.3) is 0 Å². The van der Waals surface area contributed by atoms with Gasteiger partial charge in [-0.2, -0.15) is 0 Å². The van der Waals surface area contributed by atoms with Crippen molar-refractivity contribution in [3.8, 4) is 5.75 Å². The van der Waals surface area contributed by atoms with Gasteiger partial charge in [-0.05, 0) is 18.6 Å². The van der Waals surface area contributed by atoms with Gasteiger partial charge in [0, 0.05) is 23.0 Å². The summed E-state index contributed by atoms with van der Waals surface area (Å²) in [6, 6.07) is 4.32. The highest BCUT2D eigenvalue weighted by Gasteiger charge is 2.13. The van der Waals surface area contributed by atoms with E-state index in [1.54, 1.807) is 12.1 Å². The molecule has 0 fully saturated rings. The van der Waals surface area contributed by atoms with Crippen molar-refractivity contribution >= 4 is 17.6 Å². The standard InChI is InChI=1S/C11H14ClNO3/c1-16-11(15)5-4-9(13)8-3-2-7(12)6-10(8)14/h2-3,6,9,14H,4-5,13H2,1H3. The predicted octanol–water partition coefficient (Wildman–Crippen LogP) is 2.00. The second-order valence-electron chi connectivity index (χ2n) is 3.42. The molecule has 1 aromatic rings. The van der Waals surface area contributed by atoms with E-state index in [9.17, 15) is 9.90 Å². The van der Waals surface area contributed by atoms with E-state index in [1.165, 1.54) is 13.2 Å². The van der Waals surface area contributed by atoms with Crippen LogP contribution in [0, 0.1) is 0 Å². The third-order valence-electron chi connectivity index (χ3n) is 2.28. The molecule has 0 saturated heterocycles. The Balaban J connectivity index is 2.65. The lowest BCUT2D eigenvalue weighted by Gasteiger charge is -2.13. The number of esters is 1. The molecule has 0 aromatic heterocycles. The summed E-state index contributed by atoms with van der Waals surface area (Å²) in [5.41, 5.74) is 6.42. The number of phenolic OH excluding ortho intramolecular Hbond substituents is 1. The molecule has 1 unspecified atom stereocenters. The molecular formula is C11H14ClNO3. The average Bonchev–Trinajstić information content (AvgIpc) is 2.25. The van der Waals surface area contributed by atoms with Gasteiger partial charge in [-0.25, -0.2) is 0 Å². The van der Waals surface area contributed by atoms with Crippen molar-refractivity contribution in [2.75, 3.05) is 7.11 Å². The Labute approximate surface area is 99.0 Å². The van der Waals surface area contributed by atoms with Crippen molar-refractivity contribution in [3.63, 3.8) is 0 Å². The summed E-state index contributed by atoms with van der Waals surface area (Å²) >= 11 is 5.70. The van der Waals surface area contributed by atoms with Crippen molar-refractivity contribution < 1.29 is 14.6 Å². The Morgan fingerprint density at radius 3 is 2.88 bits per heavy atom. The molecule has 5 heteroatoms. The van der Waals surface area contributed by atoms with Gasteiger partial charge >= 0.3 is 5.97 Å². The molecule has 0 aliphatic rings. The SMILES string of the molecule is COC(=O)CCC(N)c1ccc(Cl)cc1O. The van der Waals surface area contributed by atoms with E-state index in [-0.39, 0.29) is 18.1 Å². The van der Waals surface area contributed by atoms with Gasteiger partial charge in [-0.3, -0.25) is 4.79 Å². The van der Waals surface area contributed by atoms with Crippen molar-refractivity contribution in [3.05, 3.63) is 28.8 Å². The van der Waals surface area contributed by atoms with Crippen molar-refractivity contribution in [1.82, 2.24) is 0 Å². The number of carbonyl (C=O) groups excluding carboxylic acids is 1. The van der Waals surface area contributed by atoms with Crippen LogP contribution in [-0.2, 0) is 9.53 Å². The average molecular weight is 244 g/mol. The van der Waals surface area contributed by atoms with Crippen LogP contribution in [-0.4, -0.2) is 18.2 Å². The highest BCUT2D eigenvalue weighted by Crippen LogP contribution is 2.28. The zero-order chi connectivity index (χ0) is 12.1. The van der Waals surface area contributed by atoms with E-state index >= 15 is 0 Å². The second kappa shape index (κ2) is 5.72. The molecule has 88 valence electrons. The summed E-state index contributed by atoms with van der Waals surface area (Å²) in [6.07, 6.45) is 0.640. The fourth-order valence-corrected chi connectivity index (χ4v) is 1.53. The molecule has 0 aliphatic heterocycles. The van der Waals surface area contributed by atoms with E-state index in [4.69, 9.17) is 17.3 Å². The maximum atomic E-state index is 10.9. The predicted molar refractivity (Wildman–Crippen MR) is 61.3 cm³/mol. The number of methoxy groups -OCH3 is 1. The summed E-state index contributed by atoms with van der Waals surface area (Å²) in [6.45, 7) is 0.